The molecule has 1 N–H and O–H groups in total. The molecule has 2 aliphatic rings. The predicted molar refractivity (Wildman–Crippen MR) is 117 cm³/mol. The second-order valence-electron chi connectivity index (χ2n) is 9.18. The molecule has 6 nitrogen and oxygen atoms in total. The van der Waals surface area contributed by atoms with E-state index in [4.69, 9.17) is 4.98 Å². The van der Waals surface area contributed by atoms with Crippen molar-refractivity contribution in [3.05, 3.63) is 58.2 Å². The summed E-state index contributed by atoms with van der Waals surface area (Å²) in [5.41, 5.74) is 2.63. The minimum Gasteiger partial charge on any atom is -0.366 e. The standard InChI is InChI=1S/C24H26F3N5O/c1-13-7-8-17(13)23(33)31-11-18-20(12-31)32-15(3)28-10-21(32)30-22(18)29-9-16-5-4-6-19(14(16)2)24(25,26)27/h4-6,10,13,17H,7-9,11-12H2,1-3H3,(H,29,30). The van der Waals surface area contributed by atoms with Crippen molar-refractivity contribution in [1.29, 1.82) is 0 Å². The minimum absolute atomic E-state index is 0.0656. The summed E-state index contributed by atoms with van der Waals surface area (Å²) in [5.74, 6) is 2.01. The number of alkyl halides is 3. The Morgan fingerprint density at radius 1 is 1.21 bits per heavy atom. The van der Waals surface area contributed by atoms with Crippen LogP contribution in [0.15, 0.2) is 24.4 Å². The molecule has 0 saturated heterocycles. The number of hydrogen-bond donors (Lipinski definition) is 1. The van der Waals surface area contributed by atoms with E-state index in [1.807, 2.05) is 16.2 Å². The third-order valence-corrected chi connectivity index (χ3v) is 7.19. The minimum atomic E-state index is -4.40. The van der Waals surface area contributed by atoms with Gasteiger partial charge in [-0.15, -0.1) is 0 Å². The van der Waals surface area contributed by atoms with Crippen LogP contribution in [-0.4, -0.2) is 25.2 Å². The molecule has 2 atom stereocenters. The van der Waals surface area contributed by atoms with Crippen molar-refractivity contribution < 1.29 is 18.0 Å². The Morgan fingerprint density at radius 2 is 2.00 bits per heavy atom. The number of benzene rings is 1. The van der Waals surface area contributed by atoms with Crippen LogP contribution in [0.4, 0.5) is 19.0 Å². The highest BCUT2D eigenvalue weighted by Gasteiger charge is 2.39. The first-order valence-electron chi connectivity index (χ1n) is 11.2. The van der Waals surface area contributed by atoms with Crippen molar-refractivity contribution in [3.63, 3.8) is 0 Å². The van der Waals surface area contributed by atoms with E-state index in [9.17, 15) is 18.0 Å². The Morgan fingerprint density at radius 3 is 2.67 bits per heavy atom. The normalized spacial score (nSPS) is 20.1. The molecule has 1 aliphatic heterocycles. The molecule has 1 aromatic carbocycles. The number of imidazole rings is 1. The number of aromatic nitrogens is 3. The van der Waals surface area contributed by atoms with E-state index in [0.29, 0.717) is 36.0 Å². The molecule has 2 unspecified atom stereocenters. The van der Waals surface area contributed by atoms with Crippen LogP contribution in [0.1, 0.15) is 53.5 Å². The zero-order valence-corrected chi connectivity index (χ0v) is 18.8. The molecule has 9 heteroatoms. The van der Waals surface area contributed by atoms with E-state index in [1.54, 1.807) is 12.3 Å². The summed E-state index contributed by atoms with van der Waals surface area (Å²) in [6.45, 7) is 6.60. The van der Waals surface area contributed by atoms with Crippen molar-refractivity contribution in [1.82, 2.24) is 19.3 Å². The maximum atomic E-state index is 13.3. The summed E-state index contributed by atoms with van der Waals surface area (Å²) in [6, 6.07) is 4.21. The SMILES string of the molecule is Cc1c(CNc2nc3cnc(C)n3c3c2CN(C(=O)C2CCC2C)C3)cccc1C(F)(F)F. The van der Waals surface area contributed by atoms with Gasteiger partial charge in [-0.25, -0.2) is 9.97 Å². The summed E-state index contributed by atoms with van der Waals surface area (Å²) in [5, 5.41) is 3.25. The third-order valence-electron chi connectivity index (χ3n) is 7.19. The summed E-state index contributed by atoms with van der Waals surface area (Å²) >= 11 is 0. The maximum Gasteiger partial charge on any atom is 0.416 e. The lowest BCUT2D eigenvalue weighted by molar-refractivity contribution is -0.141. The van der Waals surface area contributed by atoms with Gasteiger partial charge >= 0.3 is 6.18 Å². The first-order valence-corrected chi connectivity index (χ1v) is 11.2. The molecule has 5 rings (SSSR count). The fraction of sp³-hybridized carbons (Fsp3) is 0.458. The molecular weight excluding hydrogens is 431 g/mol. The van der Waals surface area contributed by atoms with Gasteiger partial charge in [0.15, 0.2) is 5.65 Å². The Kier molecular flexibility index (Phi) is 5.10. The summed E-state index contributed by atoms with van der Waals surface area (Å²) in [4.78, 5) is 24.0. The van der Waals surface area contributed by atoms with E-state index >= 15 is 0 Å². The first kappa shape index (κ1) is 21.7. The van der Waals surface area contributed by atoms with Crippen molar-refractivity contribution in [2.75, 3.05) is 5.32 Å². The number of fused-ring (bicyclic) bond motifs is 3. The van der Waals surface area contributed by atoms with Crippen LogP contribution in [0.25, 0.3) is 5.65 Å². The van der Waals surface area contributed by atoms with E-state index in [-0.39, 0.29) is 23.9 Å². The average Bonchev–Trinajstić information content (AvgIpc) is 3.34. The molecule has 2 aromatic heterocycles. The molecular formula is C24H26F3N5O. The topological polar surface area (TPSA) is 62.5 Å². The van der Waals surface area contributed by atoms with Crippen molar-refractivity contribution in [2.24, 2.45) is 11.8 Å². The number of aryl methyl sites for hydroxylation is 1. The average molecular weight is 458 g/mol. The smallest absolute Gasteiger partial charge is 0.366 e. The van der Waals surface area contributed by atoms with Crippen LogP contribution >= 0.6 is 0 Å². The van der Waals surface area contributed by atoms with Crippen LogP contribution in [-0.2, 0) is 30.6 Å². The van der Waals surface area contributed by atoms with Gasteiger partial charge in [0.2, 0.25) is 5.91 Å². The molecule has 0 spiro atoms. The van der Waals surface area contributed by atoms with Crippen LogP contribution in [0, 0.1) is 25.7 Å². The highest BCUT2D eigenvalue weighted by molar-refractivity contribution is 5.81. The summed E-state index contributed by atoms with van der Waals surface area (Å²) in [7, 11) is 0. The molecule has 33 heavy (non-hydrogen) atoms. The number of hydrogen-bond acceptors (Lipinski definition) is 4. The predicted octanol–water partition coefficient (Wildman–Crippen LogP) is 4.87. The van der Waals surface area contributed by atoms with Crippen LogP contribution in [0.5, 0.6) is 0 Å². The van der Waals surface area contributed by atoms with Crippen molar-refractivity contribution in [2.45, 2.75) is 59.4 Å². The molecule has 174 valence electrons. The number of halogens is 3. The van der Waals surface area contributed by atoms with E-state index < -0.39 is 11.7 Å². The monoisotopic (exact) mass is 457 g/mol. The molecule has 3 aromatic rings. The van der Waals surface area contributed by atoms with Crippen molar-refractivity contribution >= 4 is 17.4 Å². The summed E-state index contributed by atoms with van der Waals surface area (Å²) < 4.78 is 41.9. The zero-order chi connectivity index (χ0) is 23.5. The van der Waals surface area contributed by atoms with Gasteiger partial charge in [0.25, 0.3) is 0 Å². The molecule has 1 saturated carbocycles. The van der Waals surface area contributed by atoms with Gasteiger partial charge in [-0.2, -0.15) is 13.2 Å². The fourth-order valence-corrected chi connectivity index (χ4v) is 4.99. The van der Waals surface area contributed by atoms with Gasteiger partial charge in [0.1, 0.15) is 11.6 Å². The quantitative estimate of drug-likeness (QED) is 0.608. The van der Waals surface area contributed by atoms with Crippen LogP contribution in [0.3, 0.4) is 0 Å². The third kappa shape index (κ3) is 3.63. The number of anilines is 1. The van der Waals surface area contributed by atoms with E-state index in [0.717, 1.165) is 36.0 Å². The summed E-state index contributed by atoms with van der Waals surface area (Å²) in [6.07, 6.45) is -0.723. The number of carbonyl (C=O) groups excluding carboxylic acids is 1. The molecule has 0 radical (unpaired) electrons. The lowest BCUT2D eigenvalue weighted by Crippen LogP contribution is -2.40. The van der Waals surface area contributed by atoms with Crippen LogP contribution < -0.4 is 5.32 Å². The van der Waals surface area contributed by atoms with Crippen LogP contribution in [0.2, 0.25) is 0 Å². The Hall–Kier alpha value is -3.10. The second-order valence-corrected chi connectivity index (χ2v) is 9.18. The fourth-order valence-electron chi connectivity index (χ4n) is 4.99. The van der Waals surface area contributed by atoms with Gasteiger partial charge in [-0.1, -0.05) is 19.1 Å². The number of nitrogens with zero attached hydrogens (tertiary/aromatic N) is 4. The van der Waals surface area contributed by atoms with E-state index in [2.05, 4.69) is 17.2 Å². The Balaban J connectivity index is 1.46. The molecule has 0 bridgehead atoms. The number of amides is 1. The lowest BCUT2D eigenvalue weighted by Gasteiger charge is -2.35. The highest BCUT2D eigenvalue weighted by Crippen LogP contribution is 2.38. The van der Waals surface area contributed by atoms with E-state index in [1.165, 1.54) is 13.0 Å². The largest absolute Gasteiger partial charge is 0.416 e. The molecule has 1 amide bonds. The number of carbonyl (C=O) groups is 1. The van der Waals surface area contributed by atoms with Crippen molar-refractivity contribution in [3.8, 4) is 0 Å². The van der Waals surface area contributed by atoms with Gasteiger partial charge in [0, 0.05) is 18.0 Å². The highest BCUT2D eigenvalue weighted by atomic mass is 19.4. The first-order chi connectivity index (χ1) is 15.6. The van der Waals surface area contributed by atoms with Gasteiger partial charge in [-0.3, -0.25) is 9.20 Å². The van der Waals surface area contributed by atoms with Gasteiger partial charge < -0.3 is 10.2 Å². The molecule has 1 aliphatic carbocycles. The Labute approximate surface area is 189 Å². The Bertz CT molecular complexity index is 1250. The maximum absolute atomic E-state index is 13.3. The number of rotatable bonds is 4. The number of nitrogens with one attached hydrogen (secondary N) is 1. The molecule has 3 heterocycles. The zero-order valence-electron chi connectivity index (χ0n) is 18.8. The second kappa shape index (κ2) is 7.74. The molecule has 1 fully saturated rings. The lowest BCUT2D eigenvalue weighted by atomic mass is 9.74. The van der Waals surface area contributed by atoms with Gasteiger partial charge in [-0.05, 0) is 49.8 Å². The van der Waals surface area contributed by atoms with Gasteiger partial charge in [0.05, 0.1) is 30.5 Å².